The van der Waals surface area contributed by atoms with E-state index < -0.39 is 0 Å². The van der Waals surface area contributed by atoms with E-state index >= 15 is 0 Å². The molecular formula is C14H20N2O3. The van der Waals surface area contributed by atoms with Gasteiger partial charge in [0.1, 0.15) is 5.60 Å². The number of para-hydroxylation sites is 1. The molecule has 1 aromatic rings. The molecule has 1 N–H and O–H groups in total. The Labute approximate surface area is 113 Å². The summed E-state index contributed by atoms with van der Waals surface area (Å²) in [7, 11) is 3.51. The Bertz CT molecular complexity index is 484. The topological polar surface area (TPSA) is 50.8 Å². The minimum atomic E-state index is -0.215. The molecule has 0 aliphatic carbocycles. The van der Waals surface area contributed by atoms with Crippen molar-refractivity contribution in [2.24, 2.45) is 0 Å². The summed E-state index contributed by atoms with van der Waals surface area (Å²) >= 11 is 0. The summed E-state index contributed by atoms with van der Waals surface area (Å²) in [6, 6.07) is 5.77. The first-order chi connectivity index (χ1) is 8.87. The zero-order valence-corrected chi connectivity index (χ0v) is 11.8. The number of carbonyl (C=O) groups excluding carboxylic acids is 1. The first-order valence-corrected chi connectivity index (χ1v) is 6.28. The van der Waals surface area contributed by atoms with Crippen molar-refractivity contribution in [1.29, 1.82) is 0 Å². The van der Waals surface area contributed by atoms with Gasteiger partial charge in [0, 0.05) is 26.1 Å². The van der Waals surface area contributed by atoms with Crippen LogP contribution in [0.1, 0.15) is 19.4 Å². The van der Waals surface area contributed by atoms with Gasteiger partial charge in [-0.05, 0) is 19.9 Å². The molecule has 104 valence electrons. The average molecular weight is 264 g/mol. The van der Waals surface area contributed by atoms with Gasteiger partial charge in [-0.15, -0.1) is 0 Å². The summed E-state index contributed by atoms with van der Waals surface area (Å²) in [5, 5.41) is 1.58. The summed E-state index contributed by atoms with van der Waals surface area (Å²) in [4.78, 5) is 11.5. The predicted octanol–water partition coefficient (Wildman–Crippen LogP) is 1.37. The van der Waals surface area contributed by atoms with Gasteiger partial charge in [-0.1, -0.05) is 12.1 Å². The van der Waals surface area contributed by atoms with Crippen LogP contribution in [0.2, 0.25) is 0 Å². The Morgan fingerprint density at radius 3 is 2.89 bits per heavy atom. The van der Waals surface area contributed by atoms with Crippen LogP contribution in [-0.4, -0.2) is 37.2 Å². The first-order valence-electron chi connectivity index (χ1n) is 6.28. The SMILES string of the molecule is CN(C)NC(=O)COc1cccc2c1OC(C)(C)C2. The summed E-state index contributed by atoms with van der Waals surface area (Å²) in [6.07, 6.45) is 0.851. The smallest absolute Gasteiger partial charge is 0.272 e. The van der Waals surface area contributed by atoms with Gasteiger partial charge in [0.05, 0.1) is 0 Å². The molecule has 1 aliphatic heterocycles. The van der Waals surface area contributed by atoms with E-state index in [0.717, 1.165) is 17.7 Å². The molecule has 1 heterocycles. The number of hydrazine groups is 1. The van der Waals surface area contributed by atoms with Gasteiger partial charge in [0.25, 0.3) is 5.91 Å². The van der Waals surface area contributed by atoms with Crippen LogP contribution in [0.15, 0.2) is 18.2 Å². The highest BCUT2D eigenvalue weighted by molar-refractivity contribution is 5.77. The lowest BCUT2D eigenvalue weighted by atomic mass is 10.0. The fourth-order valence-corrected chi connectivity index (χ4v) is 2.13. The largest absolute Gasteiger partial charge is 0.483 e. The lowest BCUT2D eigenvalue weighted by molar-refractivity contribution is -0.126. The third-order valence-corrected chi connectivity index (χ3v) is 2.76. The van der Waals surface area contributed by atoms with Gasteiger partial charge >= 0.3 is 0 Å². The standard InChI is InChI=1S/C14H20N2O3/c1-14(2)8-10-6-5-7-11(13(10)19-14)18-9-12(17)15-16(3)4/h5-7H,8-9H2,1-4H3,(H,15,17). The number of fused-ring (bicyclic) bond motifs is 1. The van der Waals surface area contributed by atoms with Gasteiger partial charge in [0.15, 0.2) is 18.1 Å². The molecule has 0 saturated carbocycles. The zero-order chi connectivity index (χ0) is 14.0. The highest BCUT2D eigenvalue weighted by Crippen LogP contribution is 2.41. The van der Waals surface area contributed by atoms with E-state index in [0.29, 0.717) is 5.75 Å². The van der Waals surface area contributed by atoms with Gasteiger partial charge in [-0.3, -0.25) is 10.2 Å². The molecule has 0 fully saturated rings. The van der Waals surface area contributed by atoms with Crippen LogP contribution in [0, 0.1) is 0 Å². The fraction of sp³-hybridized carbons (Fsp3) is 0.500. The lowest BCUT2D eigenvalue weighted by Crippen LogP contribution is -2.39. The van der Waals surface area contributed by atoms with Crippen molar-refractivity contribution in [3.05, 3.63) is 23.8 Å². The number of hydrogen-bond donors (Lipinski definition) is 1. The van der Waals surface area contributed by atoms with E-state index in [1.165, 1.54) is 0 Å². The number of carbonyl (C=O) groups is 1. The number of rotatable bonds is 4. The highest BCUT2D eigenvalue weighted by Gasteiger charge is 2.32. The van der Waals surface area contributed by atoms with Crippen molar-refractivity contribution < 1.29 is 14.3 Å². The molecule has 0 unspecified atom stereocenters. The van der Waals surface area contributed by atoms with Gasteiger partial charge in [0.2, 0.25) is 0 Å². The summed E-state index contributed by atoms with van der Waals surface area (Å²) in [5.41, 5.74) is 3.53. The van der Waals surface area contributed by atoms with E-state index in [9.17, 15) is 4.79 Å². The van der Waals surface area contributed by atoms with Crippen molar-refractivity contribution in [2.75, 3.05) is 20.7 Å². The summed E-state index contributed by atoms with van der Waals surface area (Å²) in [5.74, 6) is 1.18. The quantitative estimate of drug-likeness (QED) is 0.835. The minimum Gasteiger partial charge on any atom is -0.483 e. The van der Waals surface area contributed by atoms with E-state index in [1.54, 1.807) is 19.1 Å². The van der Waals surface area contributed by atoms with Crippen LogP contribution in [0.4, 0.5) is 0 Å². The van der Waals surface area contributed by atoms with Crippen LogP contribution in [0.25, 0.3) is 0 Å². The van der Waals surface area contributed by atoms with Gasteiger partial charge in [-0.25, -0.2) is 5.01 Å². The third kappa shape index (κ3) is 3.38. The van der Waals surface area contributed by atoms with Gasteiger partial charge < -0.3 is 9.47 Å². The Balaban J connectivity index is 2.04. The maximum atomic E-state index is 11.5. The lowest BCUT2D eigenvalue weighted by Gasteiger charge is -2.18. The van der Waals surface area contributed by atoms with E-state index in [-0.39, 0.29) is 18.1 Å². The molecule has 1 aromatic carbocycles. The fourth-order valence-electron chi connectivity index (χ4n) is 2.13. The van der Waals surface area contributed by atoms with E-state index in [2.05, 4.69) is 5.43 Å². The number of hydrogen-bond acceptors (Lipinski definition) is 4. The Morgan fingerprint density at radius 1 is 1.47 bits per heavy atom. The average Bonchev–Trinajstić information content (AvgIpc) is 2.59. The Kier molecular flexibility index (Phi) is 3.66. The normalized spacial score (nSPS) is 15.8. The predicted molar refractivity (Wildman–Crippen MR) is 72.2 cm³/mol. The van der Waals surface area contributed by atoms with Crippen molar-refractivity contribution in [2.45, 2.75) is 25.9 Å². The maximum absolute atomic E-state index is 11.5. The number of amides is 1. The maximum Gasteiger partial charge on any atom is 0.272 e. The molecular weight excluding hydrogens is 244 g/mol. The zero-order valence-electron chi connectivity index (χ0n) is 11.8. The van der Waals surface area contributed by atoms with Crippen LogP contribution >= 0.6 is 0 Å². The molecule has 2 rings (SSSR count). The van der Waals surface area contributed by atoms with Crippen molar-refractivity contribution in [1.82, 2.24) is 10.4 Å². The highest BCUT2D eigenvalue weighted by atomic mass is 16.5. The second-order valence-electron chi connectivity index (χ2n) is 5.50. The van der Waals surface area contributed by atoms with Crippen LogP contribution in [-0.2, 0) is 11.2 Å². The number of nitrogens with one attached hydrogen (secondary N) is 1. The molecule has 0 spiro atoms. The molecule has 5 heteroatoms. The molecule has 0 radical (unpaired) electrons. The van der Waals surface area contributed by atoms with Crippen molar-refractivity contribution in [3.63, 3.8) is 0 Å². The van der Waals surface area contributed by atoms with Crippen molar-refractivity contribution >= 4 is 5.91 Å². The molecule has 5 nitrogen and oxygen atoms in total. The summed E-state index contributed by atoms with van der Waals surface area (Å²) < 4.78 is 11.4. The Morgan fingerprint density at radius 2 is 2.21 bits per heavy atom. The molecule has 0 saturated heterocycles. The molecule has 19 heavy (non-hydrogen) atoms. The monoisotopic (exact) mass is 264 g/mol. The molecule has 0 atom stereocenters. The molecule has 1 aliphatic rings. The Hall–Kier alpha value is -1.75. The van der Waals surface area contributed by atoms with E-state index in [4.69, 9.17) is 9.47 Å². The first kappa shape index (κ1) is 13.7. The van der Waals surface area contributed by atoms with Crippen LogP contribution in [0.5, 0.6) is 11.5 Å². The molecule has 1 amide bonds. The van der Waals surface area contributed by atoms with Crippen LogP contribution < -0.4 is 14.9 Å². The molecule has 0 aromatic heterocycles. The number of nitrogens with zero attached hydrogens (tertiary/aromatic N) is 1. The molecule has 0 bridgehead atoms. The van der Waals surface area contributed by atoms with Gasteiger partial charge in [-0.2, -0.15) is 0 Å². The number of benzene rings is 1. The second-order valence-corrected chi connectivity index (χ2v) is 5.50. The third-order valence-electron chi connectivity index (χ3n) is 2.76. The minimum absolute atomic E-state index is 0.0293. The second kappa shape index (κ2) is 5.09. The summed E-state index contributed by atoms with van der Waals surface area (Å²) in [6.45, 7) is 4.05. The van der Waals surface area contributed by atoms with E-state index in [1.807, 2.05) is 32.0 Å². The van der Waals surface area contributed by atoms with Crippen molar-refractivity contribution in [3.8, 4) is 11.5 Å². The van der Waals surface area contributed by atoms with Crippen LogP contribution in [0.3, 0.4) is 0 Å². The number of ether oxygens (including phenoxy) is 2.